The molecule has 2 aromatic carbocycles. The lowest BCUT2D eigenvalue weighted by Crippen LogP contribution is -2.52. The standard InChI is InChI=1S/C28H31F2N7OS/c1-36(2)13-28(9-10-28)14-38-27-34-22-19(25(35-27)37-15-3-4-16(37)12-32-11-15)6-5-17(21(22)30)18-7-8-20(29)24-23(18)33-26(31)39-24/h5-8,15-16,32H,3-4,9-14H2,1-2H3,(H2,31,33). The van der Waals surface area contributed by atoms with E-state index >= 15 is 4.39 Å². The highest BCUT2D eigenvalue weighted by Crippen LogP contribution is 2.46. The number of nitrogens with two attached hydrogens (primary N) is 1. The van der Waals surface area contributed by atoms with E-state index in [9.17, 15) is 4.39 Å². The number of rotatable bonds is 7. The van der Waals surface area contributed by atoms with Crippen LogP contribution in [0.2, 0.25) is 0 Å². The SMILES string of the molecule is CN(C)CC1(COc2nc(N3C4CCC3CNC4)c3ccc(-c4ccc(F)c5sc(N)nc45)c(F)c3n2)CC1. The van der Waals surface area contributed by atoms with Gasteiger partial charge in [-0.2, -0.15) is 9.97 Å². The highest BCUT2D eigenvalue weighted by molar-refractivity contribution is 7.22. The number of nitrogen functional groups attached to an aromatic ring is 1. The molecular weight excluding hydrogens is 520 g/mol. The lowest BCUT2D eigenvalue weighted by atomic mass is 10.0. The molecule has 7 rings (SSSR count). The molecule has 0 radical (unpaired) electrons. The first kappa shape index (κ1) is 24.9. The molecule has 3 fully saturated rings. The second-order valence-electron chi connectivity index (χ2n) is 11.5. The molecule has 1 saturated carbocycles. The van der Waals surface area contributed by atoms with Crippen molar-refractivity contribution < 1.29 is 13.5 Å². The molecule has 204 valence electrons. The minimum Gasteiger partial charge on any atom is -0.463 e. The number of halogens is 2. The highest BCUT2D eigenvalue weighted by Gasteiger charge is 2.44. The summed E-state index contributed by atoms with van der Waals surface area (Å²) >= 11 is 1.05. The van der Waals surface area contributed by atoms with Gasteiger partial charge in [0.05, 0.1) is 16.8 Å². The zero-order valence-electron chi connectivity index (χ0n) is 22.0. The summed E-state index contributed by atoms with van der Waals surface area (Å²) in [7, 11) is 4.12. The highest BCUT2D eigenvalue weighted by atomic mass is 32.1. The molecule has 4 aromatic rings. The van der Waals surface area contributed by atoms with Gasteiger partial charge in [-0.15, -0.1) is 0 Å². The zero-order valence-corrected chi connectivity index (χ0v) is 22.8. The van der Waals surface area contributed by atoms with Gasteiger partial charge in [0, 0.05) is 53.6 Å². The topological polar surface area (TPSA) is 92.4 Å². The van der Waals surface area contributed by atoms with Crippen molar-refractivity contribution in [3.63, 3.8) is 0 Å². The number of piperazine rings is 1. The quantitative estimate of drug-likeness (QED) is 0.349. The molecular formula is C28H31F2N7OS. The van der Waals surface area contributed by atoms with Crippen LogP contribution in [0.5, 0.6) is 6.01 Å². The maximum Gasteiger partial charge on any atom is 0.319 e. The predicted octanol–water partition coefficient (Wildman–Crippen LogP) is 4.43. The number of nitrogens with zero attached hydrogens (tertiary/aromatic N) is 5. The fourth-order valence-electron chi connectivity index (χ4n) is 6.34. The van der Waals surface area contributed by atoms with Gasteiger partial charge in [0.2, 0.25) is 0 Å². The average Bonchev–Trinajstić information content (AvgIpc) is 3.47. The number of anilines is 2. The van der Waals surface area contributed by atoms with E-state index in [2.05, 4.69) is 39.2 Å². The van der Waals surface area contributed by atoms with Crippen molar-refractivity contribution >= 4 is 43.4 Å². The molecule has 2 saturated heterocycles. The third kappa shape index (κ3) is 4.27. The molecule has 4 heterocycles. The Labute approximate surface area is 229 Å². The maximum atomic E-state index is 16.5. The summed E-state index contributed by atoms with van der Waals surface area (Å²) in [6.45, 7) is 3.14. The van der Waals surface area contributed by atoms with E-state index in [1.165, 1.54) is 6.07 Å². The number of benzene rings is 2. The van der Waals surface area contributed by atoms with Crippen LogP contribution in [0.1, 0.15) is 25.7 Å². The number of hydrogen-bond acceptors (Lipinski definition) is 9. The Kier molecular flexibility index (Phi) is 5.87. The molecule has 8 nitrogen and oxygen atoms in total. The van der Waals surface area contributed by atoms with Crippen LogP contribution < -0.4 is 20.7 Å². The van der Waals surface area contributed by atoms with Crippen LogP contribution in [-0.4, -0.2) is 72.3 Å². The number of aromatic nitrogens is 3. The average molecular weight is 552 g/mol. The molecule has 11 heteroatoms. The molecule has 1 aliphatic carbocycles. The Morgan fingerprint density at radius 2 is 1.79 bits per heavy atom. The Bertz CT molecular complexity index is 1570. The van der Waals surface area contributed by atoms with Crippen molar-refractivity contribution in [2.75, 3.05) is 51.0 Å². The number of thiazole rings is 1. The van der Waals surface area contributed by atoms with Gasteiger partial charge in [-0.1, -0.05) is 17.4 Å². The molecule has 3 N–H and O–H groups in total. The van der Waals surface area contributed by atoms with E-state index in [1.807, 2.05) is 6.07 Å². The van der Waals surface area contributed by atoms with Gasteiger partial charge in [0.25, 0.3) is 0 Å². The maximum absolute atomic E-state index is 16.5. The smallest absolute Gasteiger partial charge is 0.319 e. The fraction of sp³-hybridized carbons (Fsp3) is 0.464. The lowest BCUT2D eigenvalue weighted by Gasteiger charge is -2.37. The van der Waals surface area contributed by atoms with Crippen LogP contribution >= 0.6 is 11.3 Å². The van der Waals surface area contributed by atoms with Crippen molar-refractivity contribution in [1.29, 1.82) is 0 Å². The van der Waals surface area contributed by atoms with Gasteiger partial charge in [0.1, 0.15) is 17.2 Å². The summed E-state index contributed by atoms with van der Waals surface area (Å²) in [6, 6.07) is 7.23. The molecule has 3 aliphatic rings. The summed E-state index contributed by atoms with van der Waals surface area (Å²) in [5.41, 5.74) is 7.29. The van der Waals surface area contributed by atoms with E-state index < -0.39 is 11.6 Å². The van der Waals surface area contributed by atoms with Crippen LogP contribution in [0, 0.1) is 17.0 Å². The van der Waals surface area contributed by atoms with E-state index in [0.717, 1.165) is 56.7 Å². The van der Waals surface area contributed by atoms with Crippen LogP contribution in [0.4, 0.5) is 19.7 Å². The van der Waals surface area contributed by atoms with Crippen molar-refractivity contribution in [1.82, 2.24) is 25.2 Å². The van der Waals surface area contributed by atoms with Crippen LogP contribution in [-0.2, 0) is 0 Å². The second-order valence-corrected chi connectivity index (χ2v) is 12.5. The Morgan fingerprint density at radius 3 is 2.51 bits per heavy atom. The van der Waals surface area contributed by atoms with E-state index in [1.54, 1.807) is 12.1 Å². The number of fused-ring (bicyclic) bond motifs is 4. The first-order valence-corrected chi connectivity index (χ1v) is 14.3. The van der Waals surface area contributed by atoms with Gasteiger partial charge in [0.15, 0.2) is 10.9 Å². The zero-order chi connectivity index (χ0) is 26.9. The molecule has 2 aromatic heterocycles. The lowest BCUT2D eigenvalue weighted by molar-refractivity contribution is 0.183. The molecule has 0 spiro atoms. The van der Waals surface area contributed by atoms with Gasteiger partial charge in [-0.3, -0.25) is 0 Å². The molecule has 0 amide bonds. The van der Waals surface area contributed by atoms with Crippen molar-refractivity contribution in [3.05, 3.63) is 35.9 Å². The van der Waals surface area contributed by atoms with Crippen molar-refractivity contribution in [3.8, 4) is 17.1 Å². The monoisotopic (exact) mass is 551 g/mol. The van der Waals surface area contributed by atoms with E-state index in [4.69, 9.17) is 15.5 Å². The van der Waals surface area contributed by atoms with E-state index in [-0.39, 0.29) is 34.2 Å². The van der Waals surface area contributed by atoms with E-state index in [0.29, 0.717) is 39.2 Å². The number of nitrogens with one attached hydrogen (secondary N) is 1. The predicted molar refractivity (Wildman–Crippen MR) is 150 cm³/mol. The molecule has 2 unspecified atom stereocenters. The largest absolute Gasteiger partial charge is 0.463 e. The number of ether oxygens (including phenoxy) is 1. The summed E-state index contributed by atoms with van der Waals surface area (Å²) in [5, 5.41) is 4.39. The van der Waals surface area contributed by atoms with Gasteiger partial charge in [-0.05, 0) is 58.0 Å². The molecule has 2 atom stereocenters. The first-order valence-electron chi connectivity index (χ1n) is 13.4. The Balaban J connectivity index is 1.36. The van der Waals surface area contributed by atoms with Crippen molar-refractivity contribution in [2.45, 2.75) is 37.8 Å². The molecule has 2 aliphatic heterocycles. The molecule has 39 heavy (non-hydrogen) atoms. The summed E-state index contributed by atoms with van der Waals surface area (Å²) in [4.78, 5) is 18.3. The minimum atomic E-state index is -0.502. The van der Waals surface area contributed by atoms with Gasteiger partial charge < -0.3 is 25.6 Å². The summed E-state index contributed by atoms with van der Waals surface area (Å²) in [6.07, 6.45) is 4.29. The van der Waals surface area contributed by atoms with Crippen LogP contribution in [0.15, 0.2) is 24.3 Å². The Morgan fingerprint density at radius 1 is 1.05 bits per heavy atom. The number of hydrogen-bond donors (Lipinski definition) is 2. The third-order valence-corrected chi connectivity index (χ3v) is 9.20. The summed E-state index contributed by atoms with van der Waals surface area (Å²) in [5.74, 6) is -0.211. The molecule has 2 bridgehead atoms. The first-order chi connectivity index (χ1) is 18.8. The van der Waals surface area contributed by atoms with Gasteiger partial charge in [-0.25, -0.2) is 13.8 Å². The normalized spacial score (nSPS) is 21.8. The van der Waals surface area contributed by atoms with Crippen LogP contribution in [0.3, 0.4) is 0 Å². The minimum absolute atomic E-state index is 0.0840. The Hall–Kier alpha value is -3.15. The summed E-state index contributed by atoms with van der Waals surface area (Å²) < 4.78 is 37.5. The fourth-order valence-corrected chi connectivity index (χ4v) is 7.11. The van der Waals surface area contributed by atoms with Gasteiger partial charge >= 0.3 is 6.01 Å². The van der Waals surface area contributed by atoms with Crippen LogP contribution in [0.25, 0.3) is 32.2 Å². The van der Waals surface area contributed by atoms with Crippen molar-refractivity contribution in [2.24, 2.45) is 5.41 Å². The second kappa shape index (κ2) is 9.21. The third-order valence-electron chi connectivity index (χ3n) is 8.31.